The smallest absolute Gasteiger partial charge is 0.264 e. The van der Waals surface area contributed by atoms with Gasteiger partial charge in [-0.05, 0) is 173 Å². The van der Waals surface area contributed by atoms with Crippen LogP contribution in [0.1, 0.15) is 158 Å². The first-order valence-corrected chi connectivity index (χ1v) is 31.1. The largest absolute Gasteiger partial charge is 0.311 e. The molecule has 83 heavy (non-hydrogen) atoms. The minimum absolute atomic E-state index is 0.0185. The SMILES string of the molecule is CC(C)(C)c1ccc(N2c3ccccc3B3c4sc5c(c4N(c4ccc(C(C)(C)C)cc4)c4cc(C(C)(C)C)cc2c43)N(c2ccc(C(C)(C)C)cc2)c2cc(C(C)(C)C)cc3c2B5c2ccccc2N3c2ccc(C(C)(C)C)cc2)cc1. The molecule has 0 saturated carbocycles. The van der Waals surface area contributed by atoms with Crippen molar-refractivity contribution < 1.29 is 0 Å². The third-order valence-electron chi connectivity index (χ3n) is 18.4. The van der Waals surface area contributed by atoms with Gasteiger partial charge in [0.2, 0.25) is 0 Å². The van der Waals surface area contributed by atoms with E-state index < -0.39 is 0 Å². The van der Waals surface area contributed by atoms with Gasteiger partial charge in [0, 0.05) is 66.4 Å². The van der Waals surface area contributed by atoms with Gasteiger partial charge in [-0.15, -0.1) is 0 Å². The molecule has 0 fully saturated rings. The van der Waals surface area contributed by atoms with E-state index in [4.69, 9.17) is 0 Å². The zero-order chi connectivity index (χ0) is 58.8. The number of para-hydroxylation sites is 2. The van der Waals surface area contributed by atoms with Gasteiger partial charge in [-0.2, -0.15) is 11.3 Å². The highest BCUT2D eigenvalue weighted by molar-refractivity contribution is 7.38. The van der Waals surface area contributed by atoms with Crippen LogP contribution in [0.5, 0.6) is 0 Å². The van der Waals surface area contributed by atoms with Gasteiger partial charge < -0.3 is 19.6 Å². The highest BCUT2D eigenvalue weighted by Crippen LogP contribution is 2.55. The first-order chi connectivity index (χ1) is 39.0. The number of benzene rings is 8. The molecule has 0 radical (unpaired) electrons. The first-order valence-electron chi connectivity index (χ1n) is 30.3. The number of rotatable bonds is 4. The third kappa shape index (κ3) is 8.92. The standard InChI is InChI=1S/C76H82B2N4S/c1-71(2,3)47-27-35-53(36-28-47)79-59-25-21-19-23-57(59)77-65-61(79)43-51(75(13,14)15)45-63(65)81(55-39-31-49(32-40-55)73(7,8)9)67-68-70(83-69(67)77)78-58-24-20-22-26-60(58)80(54-37-29-48(30-38-54)72(4,5)6)62-44-52(76(16,17)18)46-64(66(62)78)82(68)56-41-33-50(34-42-56)74(10,11)12/h19-46H,1-18H3. The van der Waals surface area contributed by atoms with Crippen molar-refractivity contribution in [2.24, 2.45) is 0 Å². The van der Waals surface area contributed by atoms with Gasteiger partial charge in [0.05, 0.1) is 11.4 Å². The molecular weight excluding hydrogens is 1020 g/mol. The lowest BCUT2D eigenvalue weighted by molar-refractivity contribution is 0.589. The van der Waals surface area contributed by atoms with E-state index in [-0.39, 0.29) is 45.9 Å². The summed E-state index contributed by atoms with van der Waals surface area (Å²) in [6.45, 7) is 42.0. The van der Waals surface area contributed by atoms with Crippen molar-refractivity contribution >= 4 is 124 Å². The average Bonchev–Trinajstić information content (AvgIpc) is 2.48. The maximum Gasteiger partial charge on any atom is 0.264 e. The fraction of sp³-hybridized carbons (Fsp3) is 0.316. The Hall–Kier alpha value is -7.21. The predicted octanol–water partition coefficient (Wildman–Crippen LogP) is 17.7. The second-order valence-electron chi connectivity index (χ2n) is 30.4. The minimum Gasteiger partial charge on any atom is -0.311 e. The van der Waals surface area contributed by atoms with Crippen molar-refractivity contribution in [1.29, 1.82) is 0 Å². The normalized spacial score (nSPS) is 14.7. The van der Waals surface area contributed by atoms with Crippen LogP contribution in [0.4, 0.5) is 68.2 Å². The van der Waals surface area contributed by atoms with Gasteiger partial charge in [-0.3, -0.25) is 0 Å². The molecule has 0 bridgehead atoms. The fourth-order valence-electron chi connectivity index (χ4n) is 13.5. The van der Waals surface area contributed by atoms with Crippen molar-refractivity contribution in [3.8, 4) is 0 Å². The molecule has 0 saturated heterocycles. The molecule has 0 atom stereocenters. The number of hydrogen-bond donors (Lipinski definition) is 0. The molecule has 4 aliphatic heterocycles. The van der Waals surface area contributed by atoms with Gasteiger partial charge in [-0.25, -0.2) is 0 Å². The molecule has 0 unspecified atom stereocenters. The molecule has 9 aromatic rings. The summed E-state index contributed by atoms with van der Waals surface area (Å²) in [5.41, 5.74) is 27.6. The molecule has 7 heteroatoms. The lowest BCUT2D eigenvalue weighted by Crippen LogP contribution is -2.60. The van der Waals surface area contributed by atoms with Gasteiger partial charge in [0.25, 0.3) is 13.4 Å². The van der Waals surface area contributed by atoms with Crippen molar-refractivity contribution in [3.63, 3.8) is 0 Å². The second-order valence-corrected chi connectivity index (χ2v) is 31.5. The second kappa shape index (κ2) is 18.6. The van der Waals surface area contributed by atoms with Crippen molar-refractivity contribution in [3.05, 3.63) is 203 Å². The van der Waals surface area contributed by atoms with E-state index in [1.54, 1.807) is 0 Å². The summed E-state index contributed by atoms with van der Waals surface area (Å²) in [5, 5.41) is 0. The van der Waals surface area contributed by atoms with Gasteiger partial charge in [0.15, 0.2) is 0 Å². The Morgan fingerprint density at radius 2 is 0.506 bits per heavy atom. The molecule has 0 N–H and O–H groups in total. The van der Waals surface area contributed by atoms with E-state index in [2.05, 4.69) is 325 Å². The molecule has 418 valence electrons. The van der Waals surface area contributed by atoms with E-state index in [9.17, 15) is 0 Å². The maximum atomic E-state index is 2.71. The molecule has 0 aliphatic carbocycles. The average molecular weight is 1110 g/mol. The molecule has 0 spiro atoms. The van der Waals surface area contributed by atoms with E-state index in [1.807, 2.05) is 0 Å². The quantitative estimate of drug-likeness (QED) is 0.163. The number of fused-ring (bicyclic) bond motifs is 9. The summed E-state index contributed by atoms with van der Waals surface area (Å²) in [6, 6.07) is 66.9. The predicted molar refractivity (Wildman–Crippen MR) is 365 cm³/mol. The van der Waals surface area contributed by atoms with Crippen LogP contribution in [0.25, 0.3) is 0 Å². The zero-order valence-corrected chi connectivity index (χ0v) is 53.3. The first kappa shape index (κ1) is 55.0. The Morgan fingerprint density at radius 3 is 0.771 bits per heavy atom. The van der Waals surface area contributed by atoms with Crippen LogP contribution in [0, 0.1) is 0 Å². The minimum atomic E-state index is -0.167. The Labute approximate surface area is 501 Å². The van der Waals surface area contributed by atoms with Crippen LogP contribution in [0.3, 0.4) is 0 Å². The van der Waals surface area contributed by atoms with Crippen LogP contribution in [-0.2, 0) is 32.5 Å². The Balaban J connectivity index is 1.18. The summed E-state index contributed by atoms with van der Waals surface area (Å²) in [4.78, 5) is 10.6. The van der Waals surface area contributed by atoms with Crippen LogP contribution >= 0.6 is 11.3 Å². The van der Waals surface area contributed by atoms with E-state index >= 15 is 0 Å². The molecule has 4 aliphatic rings. The molecule has 5 heterocycles. The highest BCUT2D eigenvalue weighted by atomic mass is 32.1. The molecule has 13 rings (SSSR count). The van der Waals surface area contributed by atoms with Crippen molar-refractivity contribution in [2.45, 2.75) is 157 Å². The molecular formula is C76H82B2N4S. The van der Waals surface area contributed by atoms with Gasteiger partial charge >= 0.3 is 0 Å². The zero-order valence-electron chi connectivity index (χ0n) is 52.5. The van der Waals surface area contributed by atoms with E-state index in [0.29, 0.717) is 0 Å². The Kier molecular flexibility index (Phi) is 12.4. The monoisotopic (exact) mass is 1100 g/mol. The van der Waals surface area contributed by atoms with E-state index in [1.165, 1.54) is 133 Å². The lowest BCUT2D eigenvalue weighted by Gasteiger charge is -2.46. The van der Waals surface area contributed by atoms with Crippen LogP contribution in [0.2, 0.25) is 0 Å². The Bertz CT molecular complexity index is 3770. The topological polar surface area (TPSA) is 13.0 Å². The summed E-state index contributed by atoms with van der Waals surface area (Å²) in [5.74, 6) is 0. The number of hydrogen-bond acceptors (Lipinski definition) is 5. The Morgan fingerprint density at radius 1 is 0.265 bits per heavy atom. The molecule has 8 aromatic carbocycles. The maximum absolute atomic E-state index is 2.71. The summed E-state index contributed by atoms with van der Waals surface area (Å²) in [6.07, 6.45) is 0. The number of nitrogens with zero attached hydrogens (tertiary/aromatic N) is 4. The van der Waals surface area contributed by atoms with Gasteiger partial charge in [0.1, 0.15) is 0 Å². The van der Waals surface area contributed by atoms with Gasteiger partial charge in [-0.1, -0.05) is 210 Å². The van der Waals surface area contributed by atoms with Crippen molar-refractivity contribution in [2.75, 3.05) is 19.6 Å². The molecule has 4 nitrogen and oxygen atoms in total. The number of thiophene rings is 1. The summed E-state index contributed by atoms with van der Waals surface area (Å²) >= 11 is 2.06. The number of anilines is 12. The fourth-order valence-corrected chi connectivity index (χ4v) is 15.0. The highest BCUT2D eigenvalue weighted by Gasteiger charge is 2.52. The third-order valence-corrected chi connectivity index (χ3v) is 19.7. The van der Waals surface area contributed by atoms with Crippen molar-refractivity contribution in [1.82, 2.24) is 0 Å². The van der Waals surface area contributed by atoms with Crippen LogP contribution < -0.4 is 51.0 Å². The summed E-state index contributed by atoms with van der Waals surface area (Å²) in [7, 11) is 0. The van der Waals surface area contributed by atoms with E-state index in [0.717, 1.165) is 0 Å². The van der Waals surface area contributed by atoms with Crippen LogP contribution in [0.15, 0.2) is 170 Å². The van der Waals surface area contributed by atoms with Crippen LogP contribution in [-0.4, -0.2) is 13.4 Å². The lowest BCUT2D eigenvalue weighted by atomic mass is 9.35. The molecule has 1 aromatic heterocycles. The molecule has 0 amide bonds. The summed E-state index contributed by atoms with van der Waals surface area (Å²) < 4.78 is 2.75.